The maximum Gasteiger partial charge on any atom is 0.410 e. The molecule has 4 rings (SSSR count). The van der Waals surface area contributed by atoms with Gasteiger partial charge in [-0.25, -0.2) is 4.79 Å². The molecule has 3 atom stereocenters. The van der Waals surface area contributed by atoms with Crippen molar-refractivity contribution in [3.05, 3.63) is 11.6 Å². The quantitative estimate of drug-likeness (QED) is 0.651. The van der Waals surface area contributed by atoms with Crippen LogP contribution in [0.25, 0.3) is 0 Å². The molecule has 0 unspecified atom stereocenters. The van der Waals surface area contributed by atoms with Gasteiger partial charge in [-0.05, 0) is 42.6 Å². The van der Waals surface area contributed by atoms with Gasteiger partial charge in [0.15, 0.2) is 0 Å². The molecular formula is C20H35N2O4+. The largest absolute Gasteiger partial charge is 0.450 e. The van der Waals surface area contributed by atoms with Crippen LogP contribution in [0.5, 0.6) is 0 Å². The molecule has 0 spiro atoms. The summed E-state index contributed by atoms with van der Waals surface area (Å²) in [6, 6.07) is 0. The van der Waals surface area contributed by atoms with E-state index in [0.29, 0.717) is 50.8 Å². The number of piperazine rings is 1. The Morgan fingerprint density at radius 1 is 1.42 bits per heavy atom. The summed E-state index contributed by atoms with van der Waals surface area (Å²) in [6.07, 6.45) is 4.16. The Hall–Kier alpha value is -1.11. The number of quaternary nitrogens is 1. The summed E-state index contributed by atoms with van der Waals surface area (Å²) in [5.41, 5.74) is 1.86. The van der Waals surface area contributed by atoms with Crippen LogP contribution < -0.4 is 4.90 Å². The van der Waals surface area contributed by atoms with Crippen LogP contribution in [0.2, 0.25) is 0 Å². The van der Waals surface area contributed by atoms with Crippen molar-refractivity contribution in [1.82, 2.24) is 4.90 Å². The van der Waals surface area contributed by atoms with Gasteiger partial charge < -0.3 is 19.5 Å². The van der Waals surface area contributed by atoms with Crippen molar-refractivity contribution in [3.63, 3.8) is 0 Å². The third-order valence-electron chi connectivity index (χ3n) is 6.68. The fourth-order valence-electron chi connectivity index (χ4n) is 4.77. The standard InChI is InChI=1S/C20H34N2O4/c1-4-26-19(24)22-9-7-21(8-10-22)12-17(23)14-25-13-15-5-6-16-11-18(15)20(16,2)3/h5,16-18,23H,4,6-14H2,1-3H3/p+1/t16-,17+,18-/m0/s1. The zero-order valence-corrected chi connectivity index (χ0v) is 16.5. The van der Waals surface area contributed by atoms with Gasteiger partial charge in [0.2, 0.25) is 0 Å². The first-order valence-electron chi connectivity index (χ1n) is 10.1. The normalized spacial score (nSPS) is 28.9. The fourth-order valence-corrected chi connectivity index (χ4v) is 4.77. The number of amides is 1. The first-order valence-corrected chi connectivity index (χ1v) is 10.1. The molecule has 2 N–H and O–H groups in total. The van der Waals surface area contributed by atoms with E-state index in [2.05, 4.69) is 19.9 Å². The summed E-state index contributed by atoms with van der Waals surface area (Å²) >= 11 is 0. The van der Waals surface area contributed by atoms with Crippen molar-refractivity contribution in [3.8, 4) is 0 Å². The van der Waals surface area contributed by atoms with Gasteiger partial charge in [0, 0.05) is 0 Å². The van der Waals surface area contributed by atoms with Gasteiger partial charge >= 0.3 is 6.09 Å². The highest BCUT2D eigenvalue weighted by Gasteiger charge is 2.50. The van der Waals surface area contributed by atoms with Crippen LogP contribution >= 0.6 is 0 Å². The van der Waals surface area contributed by atoms with E-state index in [1.54, 1.807) is 4.90 Å². The first-order chi connectivity index (χ1) is 12.4. The Kier molecular flexibility index (Phi) is 6.25. The minimum Gasteiger partial charge on any atom is -0.450 e. The van der Waals surface area contributed by atoms with Crippen LogP contribution in [0.4, 0.5) is 4.79 Å². The number of fused-ring (bicyclic) bond motifs is 1. The number of carbonyl (C=O) groups excluding carboxylic acids is 1. The maximum atomic E-state index is 11.7. The van der Waals surface area contributed by atoms with E-state index in [0.717, 1.165) is 19.0 Å². The van der Waals surface area contributed by atoms with Crippen molar-refractivity contribution >= 4 is 6.09 Å². The lowest BCUT2D eigenvalue weighted by Crippen LogP contribution is -3.15. The minimum atomic E-state index is -0.453. The molecule has 3 aliphatic carbocycles. The number of hydrogen-bond donors (Lipinski definition) is 2. The van der Waals surface area contributed by atoms with Crippen LogP contribution in [0.3, 0.4) is 0 Å². The van der Waals surface area contributed by atoms with E-state index in [1.807, 2.05) is 6.92 Å². The van der Waals surface area contributed by atoms with Gasteiger partial charge in [0.1, 0.15) is 12.6 Å². The molecule has 2 bridgehead atoms. The summed E-state index contributed by atoms with van der Waals surface area (Å²) in [5.74, 6) is 1.51. The highest BCUT2D eigenvalue weighted by Crippen LogP contribution is 2.59. The lowest BCUT2D eigenvalue weighted by atomic mass is 9.49. The van der Waals surface area contributed by atoms with Gasteiger partial charge in [0.05, 0.1) is 46.0 Å². The van der Waals surface area contributed by atoms with Crippen molar-refractivity contribution < 1.29 is 24.3 Å². The molecule has 0 aromatic heterocycles. The highest BCUT2D eigenvalue weighted by atomic mass is 16.6. The molecule has 1 heterocycles. The van der Waals surface area contributed by atoms with Gasteiger partial charge in [-0.1, -0.05) is 19.9 Å². The predicted molar refractivity (Wildman–Crippen MR) is 99.1 cm³/mol. The van der Waals surface area contributed by atoms with Gasteiger partial charge in [-0.3, -0.25) is 4.90 Å². The number of carbonyl (C=O) groups is 1. The summed E-state index contributed by atoms with van der Waals surface area (Å²) in [4.78, 5) is 14.8. The van der Waals surface area contributed by atoms with Crippen molar-refractivity contribution in [2.45, 2.75) is 39.7 Å². The zero-order chi connectivity index (χ0) is 18.7. The van der Waals surface area contributed by atoms with E-state index < -0.39 is 6.10 Å². The van der Waals surface area contributed by atoms with Gasteiger partial charge in [-0.15, -0.1) is 0 Å². The number of hydrogen-bond acceptors (Lipinski definition) is 4. The Balaban J connectivity index is 1.32. The number of nitrogens with one attached hydrogen (secondary N) is 1. The first kappa shape index (κ1) is 19.6. The smallest absolute Gasteiger partial charge is 0.410 e. The molecule has 1 aliphatic heterocycles. The average molecular weight is 368 g/mol. The monoisotopic (exact) mass is 367 g/mol. The molecule has 0 aromatic rings. The zero-order valence-electron chi connectivity index (χ0n) is 16.5. The molecule has 2 fully saturated rings. The van der Waals surface area contributed by atoms with Gasteiger partial charge in [-0.2, -0.15) is 0 Å². The van der Waals surface area contributed by atoms with Crippen LogP contribution in [0.1, 0.15) is 33.6 Å². The average Bonchev–Trinajstić information content (AvgIpc) is 2.62. The second-order valence-electron chi connectivity index (χ2n) is 8.63. The van der Waals surface area contributed by atoms with E-state index >= 15 is 0 Å². The number of rotatable bonds is 7. The Morgan fingerprint density at radius 2 is 2.15 bits per heavy atom. The van der Waals surface area contributed by atoms with E-state index in [1.165, 1.54) is 23.3 Å². The molecule has 6 heteroatoms. The van der Waals surface area contributed by atoms with Crippen molar-refractivity contribution in [2.75, 3.05) is 52.5 Å². The number of nitrogens with zero attached hydrogens (tertiary/aromatic N) is 1. The summed E-state index contributed by atoms with van der Waals surface area (Å²) < 4.78 is 10.9. The third-order valence-corrected chi connectivity index (χ3v) is 6.68. The number of ether oxygens (including phenoxy) is 2. The molecule has 0 radical (unpaired) electrons. The molecule has 26 heavy (non-hydrogen) atoms. The molecule has 0 aromatic carbocycles. The van der Waals surface area contributed by atoms with E-state index in [4.69, 9.17) is 9.47 Å². The minimum absolute atomic E-state index is 0.225. The maximum absolute atomic E-state index is 11.7. The van der Waals surface area contributed by atoms with Gasteiger partial charge in [0.25, 0.3) is 0 Å². The van der Waals surface area contributed by atoms with E-state index in [-0.39, 0.29) is 6.09 Å². The molecule has 148 valence electrons. The summed E-state index contributed by atoms with van der Waals surface area (Å²) in [5, 5.41) is 10.3. The van der Waals surface area contributed by atoms with Crippen LogP contribution in [0, 0.1) is 17.3 Å². The predicted octanol–water partition coefficient (Wildman–Crippen LogP) is 0.713. The number of aliphatic hydroxyl groups excluding tert-OH is 1. The molecule has 1 amide bonds. The second-order valence-corrected chi connectivity index (χ2v) is 8.63. The third kappa shape index (κ3) is 4.24. The highest BCUT2D eigenvalue weighted by molar-refractivity contribution is 5.67. The van der Waals surface area contributed by atoms with Crippen LogP contribution in [-0.4, -0.2) is 74.7 Å². The van der Waals surface area contributed by atoms with Crippen LogP contribution in [-0.2, 0) is 9.47 Å². The summed E-state index contributed by atoms with van der Waals surface area (Å²) in [7, 11) is 0. The fraction of sp³-hybridized carbons (Fsp3) is 0.850. The molecule has 4 aliphatic rings. The number of allylic oxidation sites excluding steroid dienone is 1. The van der Waals surface area contributed by atoms with Crippen LogP contribution in [0.15, 0.2) is 11.6 Å². The second kappa shape index (κ2) is 8.28. The SMILES string of the molecule is CCOC(=O)N1CC[NH+](C[C@@H](O)COCC2=CC[C@H]3C[C@@H]2C3(C)C)CC1. The Morgan fingerprint density at radius 3 is 2.77 bits per heavy atom. The molecule has 1 saturated heterocycles. The van der Waals surface area contributed by atoms with Crippen molar-refractivity contribution in [1.29, 1.82) is 0 Å². The van der Waals surface area contributed by atoms with E-state index in [9.17, 15) is 9.90 Å². The topological polar surface area (TPSA) is 63.4 Å². The summed E-state index contributed by atoms with van der Waals surface area (Å²) in [6.45, 7) is 11.8. The number of aliphatic hydroxyl groups is 1. The molecule has 1 saturated carbocycles. The van der Waals surface area contributed by atoms with Crippen molar-refractivity contribution in [2.24, 2.45) is 17.3 Å². The Bertz CT molecular complexity index is 526. The molecule has 6 nitrogen and oxygen atoms in total. The Labute approximate surface area is 157 Å². The lowest BCUT2D eigenvalue weighted by Gasteiger charge is -2.56. The molecular weight excluding hydrogens is 332 g/mol. The lowest BCUT2D eigenvalue weighted by molar-refractivity contribution is -0.907.